The summed E-state index contributed by atoms with van der Waals surface area (Å²) in [4.78, 5) is 26.1. The number of nitrogens with one attached hydrogen (secondary N) is 1. The molecular formula is C14H17N5O3S. The van der Waals surface area contributed by atoms with Crippen LogP contribution >= 0.6 is 11.3 Å². The monoisotopic (exact) mass is 335 g/mol. The summed E-state index contributed by atoms with van der Waals surface area (Å²) in [6, 6.07) is 2.04. The number of hydrogen-bond donors (Lipinski definition) is 1. The minimum Gasteiger partial charge on any atom is -0.355 e. The van der Waals surface area contributed by atoms with Crippen molar-refractivity contribution in [1.82, 2.24) is 14.7 Å². The minimum absolute atomic E-state index is 0.0132. The number of thiophene rings is 1. The molecule has 23 heavy (non-hydrogen) atoms. The van der Waals surface area contributed by atoms with Gasteiger partial charge >= 0.3 is 5.69 Å². The van der Waals surface area contributed by atoms with E-state index in [1.165, 1.54) is 15.1 Å². The third-order valence-corrected chi connectivity index (χ3v) is 4.96. The number of nitrogens with zero attached hydrogens (tertiary/aromatic N) is 4. The maximum Gasteiger partial charge on any atom is 0.333 e. The van der Waals surface area contributed by atoms with Crippen molar-refractivity contribution in [3.05, 3.63) is 37.7 Å². The lowest BCUT2D eigenvalue weighted by molar-refractivity contribution is -0.384. The summed E-state index contributed by atoms with van der Waals surface area (Å²) in [7, 11) is 1.62. The van der Waals surface area contributed by atoms with Crippen molar-refractivity contribution in [2.75, 3.05) is 18.4 Å². The number of carbonyl (C=O) groups excluding carboxylic acids is 1. The number of amides is 1. The van der Waals surface area contributed by atoms with Crippen molar-refractivity contribution in [2.45, 2.75) is 19.9 Å². The summed E-state index contributed by atoms with van der Waals surface area (Å²) < 4.78 is 1.40. The number of anilines is 1. The zero-order valence-electron chi connectivity index (χ0n) is 12.9. The van der Waals surface area contributed by atoms with Crippen molar-refractivity contribution < 1.29 is 9.72 Å². The normalized spacial score (nSPS) is 13.7. The minimum atomic E-state index is -0.479. The highest BCUT2D eigenvalue weighted by Crippen LogP contribution is 2.27. The fourth-order valence-corrected chi connectivity index (χ4v) is 3.69. The van der Waals surface area contributed by atoms with E-state index in [0.29, 0.717) is 18.8 Å². The highest BCUT2D eigenvalue weighted by molar-refractivity contribution is 7.10. The SMILES string of the molecule is Cc1nn(C)c(NCC(=O)N2CCc3sccc3C2)c1[N+](=O)[O-]. The smallest absolute Gasteiger partial charge is 0.333 e. The molecule has 9 heteroatoms. The Labute approximate surface area is 136 Å². The first kappa shape index (κ1) is 15.5. The van der Waals surface area contributed by atoms with Gasteiger partial charge in [-0.1, -0.05) is 0 Å². The van der Waals surface area contributed by atoms with Gasteiger partial charge in [-0.15, -0.1) is 11.3 Å². The molecule has 1 amide bonds. The zero-order valence-corrected chi connectivity index (χ0v) is 13.7. The van der Waals surface area contributed by atoms with Crippen molar-refractivity contribution in [1.29, 1.82) is 0 Å². The van der Waals surface area contributed by atoms with Gasteiger partial charge in [-0.2, -0.15) is 5.10 Å². The maximum absolute atomic E-state index is 12.4. The van der Waals surface area contributed by atoms with Crippen LogP contribution in [0.1, 0.15) is 16.1 Å². The van der Waals surface area contributed by atoms with Crippen LogP contribution in [0.15, 0.2) is 11.4 Å². The van der Waals surface area contributed by atoms with Crippen molar-refractivity contribution in [3.63, 3.8) is 0 Å². The number of aromatic nitrogens is 2. The Bertz CT molecular complexity index is 767. The second kappa shape index (κ2) is 5.99. The summed E-state index contributed by atoms with van der Waals surface area (Å²) >= 11 is 1.72. The van der Waals surface area contributed by atoms with Crippen LogP contribution in [-0.2, 0) is 24.8 Å². The van der Waals surface area contributed by atoms with Crippen LogP contribution in [0.5, 0.6) is 0 Å². The summed E-state index contributed by atoms with van der Waals surface area (Å²) in [5.41, 5.74) is 1.43. The van der Waals surface area contributed by atoms with Gasteiger partial charge in [-0.3, -0.25) is 14.9 Å². The van der Waals surface area contributed by atoms with Crippen molar-refractivity contribution >= 4 is 28.7 Å². The molecule has 0 radical (unpaired) electrons. The molecule has 0 aromatic carbocycles. The summed E-state index contributed by atoms with van der Waals surface area (Å²) in [6.45, 7) is 2.87. The van der Waals surface area contributed by atoms with Gasteiger partial charge in [0.2, 0.25) is 11.7 Å². The van der Waals surface area contributed by atoms with E-state index < -0.39 is 4.92 Å². The lowest BCUT2D eigenvalue weighted by Crippen LogP contribution is -2.39. The van der Waals surface area contributed by atoms with E-state index in [2.05, 4.69) is 10.4 Å². The molecule has 2 aromatic heterocycles. The van der Waals surface area contributed by atoms with Crippen molar-refractivity contribution in [3.8, 4) is 0 Å². The molecule has 1 aliphatic heterocycles. The molecular weight excluding hydrogens is 318 g/mol. The van der Waals surface area contributed by atoms with Crippen LogP contribution in [0, 0.1) is 17.0 Å². The molecule has 3 heterocycles. The molecule has 1 aliphatic rings. The fraction of sp³-hybridized carbons (Fsp3) is 0.429. The molecule has 0 saturated heterocycles. The van der Waals surface area contributed by atoms with Crippen LogP contribution in [0.25, 0.3) is 0 Å². The Balaban J connectivity index is 1.68. The molecule has 0 saturated carbocycles. The molecule has 2 aromatic rings. The van der Waals surface area contributed by atoms with Gasteiger partial charge in [-0.05, 0) is 30.4 Å². The van der Waals surface area contributed by atoms with Crippen LogP contribution in [0.3, 0.4) is 0 Å². The average molecular weight is 335 g/mol. The Hall–Kier alpha value is -2.42. The lowest BCUT2D eigenvalue weighted by Gasteiger charge is -2.27. The van der Waals surface area contributed by atoms with E-state index in [-0.39, 0.29) is 24.0 Å². The molecule has 0 spiro atoms. The molecule has 122 valence electrons. The molecule has 8 nitrogen and oxygen atoms in total. The second-order valence-corrected chi connectivity index (χ2v) is 6.45. The molecule has 0 aliphatic carbocycles. The first-order valence-electron chi connectivity index (χ1n) is 7.22. The van der Waals surface area contributed by atoms with E-state index in [1.54, 1.807) is 30.2 Å². The predicted molar refractivity (Wildman–Crippen MR) is 86.5 cm³/mol. The second-order valence-electron chi connectivity index (χ2n) is 5.45. The van der Waals surface area contributed by atoms with E-state index in [1.807, 2.05) is 11.4 Å². The molecule has 0 atom stereocenters. The van der Waals surface area contributed by atoms with Gasteiger partial charge in [0.25, 0.3) is 0 Å². The summed E-state index contributed by atoms with van der Waals surface area (Å²) in [5.74, 6) is 0.184. The van der Waals surface area contributed by atoms with Crippen LogP contribution in [0.4, 0.5) is 11.5 Å². The highest BCUT2D eigenvalue weighted by Gasteiger charge is 2.26. The maximum atomic E-state index is 12.4. The molecule has 0 bridgehead atoms. The number of nitro groups is 1. The predicted octanol–water partition coefficient (Wildman–Crippen LogP) is 1.70. The largest absolute Gasteiger partial charge is 0.355 e. The van der Waals surface area contributed by atoms with E-state index in [9.17, 15) is 14.9 Å². The number of carbonyl (C=O) groups is 1. The molecule has 3 rings (SSSR count). The van der Waals surface area contributed by atoms with Gasteiger partial charge in [0, 0.05) is 25.0 Å². The first-order valence-corrected chi connectivity index (χ1v) is 8.10. The van der Waals surface area contributed by atoms with Crippen LogP contribution < -0.4 is 5.32 Å². The van der Waals surface area contributed by atoms with E-state index in [0.717, 1.165) is 6.42 Å². The molecule has 1 N–H and O–H groups in total. The Kier molecular flexibility index (Phi) is 4.03. The van der Waals surface area contributed by atoms with Gasteiger partial charge in [0.15, 0.2) is 0 Å². The topological polar surface area (TPSA) is 93.3 Å². The Morgan fingerprint density at radius 3 is 3.09 bits per heavy atom. The fourth-order valence-electron chi connectivity index (χ4n) is 2.80. The van der Waals surface area contributed by atoms with E-state index >= 15 is 0 Å². The van der Waals surface area contributed by atoms with Crippen LogP contribution in [0.2, 0.25) is 0 Å². The summed E-state index contributed by atoms with van der Waals surface area (Å²) in [6.07, 6.45) is 0.865. The van der Waals surface area contributed by atoms with Gasteiger partial charge < -0.3 is 10.2 Å². The number of fused-ring (bicyclic) bond motifs is 1. The zero-order chi connectivity index (χ0) is 16.6. The summed E-state index contributed by atoms with van der Waals surface area (Å²) in [5, 5.41) is 20.1. The number of hydrogen-bond acceptors (Lipinski definition) is 6. The number of aryl methyl sites for hydroxylation is 2. The van der Waals surface area contributed by atoms with Gasteiger partial charge in [0.1, 0.15) is 5.69 Å². The highest BCUT2D eigenvalue weighted by atomic mass is 32.1. The van der Waals surface area contributed by atoms with Crippen molar-refractivity contribution in [2.24, 2.45) is 7.05 Å². The van der Waals surface area contributed by atoms with Crippen LogP contribution in [-0.4, -0.2) is 38.6 Å². The third kappa shape index (κ3) is 2.91. The average Bonchev–Trinajstić information content (AvgIpc) is 3.07. The molecule has 0 unspecified atom stereocenters. The lowest BCUT2D eigenvalue weighted by atomic mass is 10.1. The number of rotatable bonds is 4. The molecule has 0 fully saturated rings. The first-order chi connectivity index (χ1) is 11.0. The Morgan fingerprint density at radius 1 is 1.57 bits per heavy atom. The third-order valence-electron chi connectivity index (χ3n) is 3.94. The quantitative estimate of drug-likeness (QED) is 0.678. The standard InChI is InChI=1S/C14H17N5O3S/c1-9-13(19(21)22)14(17(2)16-9)15-7-12(20)18-5-3-11-10(8-18)4-6-23-11/h4,6,15H,3,5,7-8H2,1-2H3. The van der Waals surface area contributed by atoms with Gasteiger partial charge in [-0.25, -0.2) is 4.68 Å². The van der Waals surface area contributed by atoms with Gasteiger partial charge in [0.05, 0.1) is 11.5 Å². The Morgan fingerprint density at radius 2 is 2.35 bits per heavy atom. The van der Waals surface area contributed by atoms with E-state index in [4.69, 9.17) is 0 Å².